The van der Waals surface area contributed by atoms with Gasteiger partial charge < -0.3 is 4.74 Å². The minimum atomic E-state index is -3.54. The highest BCUT2D eigenvalue weighted by atomic mass is 32.2. The topological polar surface area (TPSA) is 60.4 Å². The molecule has 1 aromatic rings. The number of sulfone groups is 1. The van der Waals surface area contributed by atoms with Crippen molar-refractivity contribution in [2.75, 3.05) is 19.5 Å². The van der Waals surface area contributed by atoms with Crippen LogP contribution in [-0.4, -0.2) is 33.7 Å². The Morgan fingerprint density at radius 3 is 2.50 bits per heavy atom. The smallest absolute Gasteiger partial charge is 0.185 e. The Bertz CT molecular complexity index is 477. The molecule has 0 N–H and O–H groups in total. The second-order valence-electron chi connectivity index (χ2n) is 3.50. The molecule has 0 saturated heterocycles. The van der Waals surface area contributed by atoms with Crippen molar-refractivity contribution in [1.82, 2.24) is 0 Å². The van der Waals surface area contributed by atoms with Crippen molar-refractivity contribution in [3.63, 3.8) is 0 Å². The Kier molecular flexibility index (Phi) is 4.20. The first kappa shape index (κ1) is 12.9. The third-order valence-electron chi connectivity index (χ3n) is 2.08. The number of ketones is 1. The van der Waals surface area contributed by atoms with Gasteiger partial charge in [0.15, 0.2) is 15.6 Å². The summed E-state index contributed by atoms with van der Waals surface area (Å²) >= 11 is 0. The maximum atomic E-state index is 11.9. The monoisotopic (exact) mass is 242 g/mol. The van der Waals surface area contributed by atoms with E-state index in [4.69, 9.17) is 0 Å². The van der Waals surface area contributed by atoms with Gasteiger partial charge in [0.25, 0.3) is 0 Å². The molecule has 0 aromatic heterocycles. The lowest BCUT2D eigenvalue weighted by Crippen LogP contribution is -2.20. The molecular formula is C11H14O4S. The fraction of sp³-hybridized carbons (Fsp3) is 0.364. The van der Waals surface area contributed by atoms with Gasteiger partial charge in [-0.05, 0) is 18.6 Å². The van der Waals surface area contributed by atoms with Crippen LogP contribution < -0.4 is 0 Å². The summed E-state index contributed by atoms with van der Waals surface area (Å²) in [6, 6.07) is 6.60. The lowest BCUT2D eigenvalue weighted by Gasteiger charge is -2.06. The van der Waals surface area contributed by atoms with Gasteiger partial charge in [0, 0.05) is 7.11 Å². The molecule has 0 saturated carbocycles. The number of methoxy groups -OCH3 is 1. The maximum absolute atomic E-state index is 11.9. The molecule has 88 valence electrons. The molecule has 0 aliphatic carbocycles. The first-order chi connectivity index (χ1) is 7.47. The van der Waals surface area contributed by atoms with Crippen LogP contribution in [0.1, 0.15) is 5.56 Å². The number of ether oxygens (including phenoxy) is 1. The average Bonchev–Trinajstić information content (AvgIpc) is 2.17. The Hall–Kier alpha value is -1.20. The van der Waals surface area contributed by atoms with Gasteiger partial charge in [0.1, 0.15) is 12.4 Å². The summed E-state index contributed by atoms with van der Waals surface area (Å²) in [5.41, 5.74) is 0.646. The molecule has 4 nitrogen and oxygen atoms in total. The van der Waals surface area contributed by atoms with E-state index < -0.39 is 21.4 Å². The van der Waals surface area contributed by atoms with Crippen LogP contribution in [-0.2, 0) is 19.4 Å². The highest BCUT2D eigenvalue weighted by molar-refractivity contribution is 7.92. The minimum Gasteiger partial charge on any atom is -0.377 e. The van der Waals surface area contributed by atoms with Crippen LogP contribution in [0.3, 0.4) is 0 Å². The molecule has 0 spiro atoms. The molecule has 0 atom stereocenters. The van der Waals surface area contributed by atoms with Crippen LogP contribution in [0.15, 0.2) is 29.2 Å². The summed E-state index contributed by atoms with van der Waals surface area (Å²) in [5, 5.41) is 0. The van der Waals surface area contributed by atoms with Crippen molar-refractivity contribution in [2.24, 2.45) is 0 Å². The molecule has 0 radical (unpaired) electrons. The molecule has 0 aliphatic rings. The highest BCUT2D eigenvalue weighted by Crippen LogP contribution is 2.15. The van der Waals surface area contributed by atoms with Crippen molar-refractivity contribution in [2.45, 2.75) is 11.8 Å². The average molecular weight is 242 g/mol. The van der Waals surface area contributed by atoms with Crippen LogP contribution in [0.4, 0.5) is 0 Å². The molecule has 5 heteroatoms. The Morgan fingerprint density at radius 1 is 1.31 bits per heavy atom. The molecule has 1 aromatic carbocycles. The highest BCUT2D eigenvalue weighted by Gasteiger charge is 2.20. The molecular weight excluding hydrogens is 228 g/mol. The lowest BCUT2D eigenvalue weighted by atomic mass is 10.2. The van der Waals surface area contributed by atoms with Crippen LogP contribution in [0.25, 0.3) is 0 Å². The summed E-state index contributed by atoms with van der Waals surface area (Å²) in [6.45, 7) is 1.53. The SMILES string of the molecule is COCC(=O)CS(=O)(=O)c1ccccc1C. The Balaban J connectivity index is 2.95. The summed E-state index contributed by atoms with van der Waals surface area (Å²) in [4.78, 5) is 11.4. The third-order valence-corrected chi connectivity index (χ3v) is 3.92. The largest absolute Gasteiger partial charge is 0.377 e. The van der Waals surface area contributed by atoms with Crippen molar-refractivity contribution < 1.29 is 17.9 Å². The second-order valence-corrected chi connectivity index (χ2v) is 5.45. The normalized spacial score (nSPS) is 11.4. The van der Waals surface area contributed by atoms with Gasteiger partial charge in [-0.3, -0.25) is 4.79 Å². The van der Waals surface area contributed by atoms with Crippen LogP contribution >= 0.6 is 0 Å². The van der Waals surface area contributed by atoms with E-state index in [-0.39, 0.29) is 11.5 Å². The van der Waals surface area contributed by atoms with Gasteiger partial charge in [-0.1, -0.05) is 18.2 Å². The van der Waals surface area contributed by atoms with Gasteiger partial charge in [-0.15, -0.1) is 0 Å². The predicted octanol–water partition coefficient (Wildman–Crippen LogP) is 0.984. The number of Topliss-reactive ketones (excluding diaryl/α,β-unsaturated/α-hetero) is 1. The maximum Gasteiger partial charge on any atom is 0.185 e. The van der Waals surface area contributed by atoms with Gasteiger partial charge >= 0.3 is 0 Å². The number of hydrogen-bond acceptors (Lipinski definition) is 4. The Morgan fingerprint density at radius 2 is 1.94 bits per heavy atom. The zero-order valence-corrected chi connectivity index (χ0v) is 10.1. The van der Waals surface area contributed by atoms with E-state index in [1.807, 2.05) is 0 Å². The van der Waals surface area contributed by atoms with E-state index in [2.05, 4.69) is 4.74 Å². The Labute approximate surface area is 95.2 Å². The van der Waals surface area contributed by atoms with Crippen molar-refractivity contribution >= 4 is 15.6 Å². The zero-order valence-electron chi connectivity index (χ0n) is 9.26. The van der Waals surface area contributed by atoms with Crippen molar-refractivity contribution in [3.05, 3.63) is 29.8 Å². The molecule has 0 unspecified atom stereocenters. The van der Waals surface area contributed by atoms with Gasteiger partial charge in [0.2, 0.25) is 0 Å². The summed E-state index contributed by atoms with van der Waals surface area (Å²) in [7, 11) is -2.18. The number of rotatable bonds is 5. The third kappa shape index (κ3) is 3.15. The van der Waals surface area contributed by atoms with Crippen molar-refractivity contribution in [3.8, 4) is 0 Å². The van der Waals surface area contributed by atoms with Crippen LogP contribution in [0, 0.1) is 6.92 Å². The minimum absolute atomic E-state index is 0.175. The van der Waals surface area contributed by atoms with E-state index >= 15 is 0 Å². The molecule has 16 heavy (non-hydrogen) atoms. The quantitative estimate of drug-likeness (QED) is 0.772. The fourth-order valence-electron chi connectivity index (χ4n) is 1.40. The molecule has 0 amide bonds. The molecule has 0 heterocycles. The summed E-state index contributed by atoms with van der Waals surface area (Å²) < 4.78 is 28.3. The van der Waals surface area contributed by atoms with Crippen LogP contribution in [0.5, 0.6) is 0 Å². The second kappa shape index (κ2) is 5.23. The number of aryl methyl sites for hydroxylation is 1. The molecule has 0 bridgehead atoms. The zero-order chi connectivity index (χ0) is 12.2. The van der Waals surface area contributed by atoms with Crippen molar-refractivity contribution in [1.29, 1.82) is 0 Å². The first-order valence-electron chi connectivity index (χ1n) is 4.76. The summed E-state index contributed by atoms with van der Waals surface area (Å²) in [6.07, 6.45) is 0. The van der Waals surface area contributed by atoms with Gasteiger partial charge in [0.05, 0.1) is 4.90 Å². The number of carbonyl (C=O) groups excluding carboxylic acids is 1. The molecule has 1 rings (SSSR count). The predicted molar refractivity (Wildman–Crippen MR) is 60.1 cm³/mol. The van der Waals surface area contributed by atoms with Gasteiger partial charge in [-0.25, -0.2) is 8.42 Å². The van der Waals surface area contributed by atoms with Gasteiger partial charge in [-0.2, -0.15) is 0 Å². The summed E-state index contributed by atoms with van der Waals surface area (Å²) in [5.74, 6) is -0.947. The first-order valence-corrected chi connectivity index (χ1v) is 6.41. The number of hydrogen-bond donors (Lipinski definition) is 0. The van der Waals surface area contributed by atoms with E-state index in [1.54, 1.807) is 25.1 Å². The van der Waals surface area contributed by atoms with Crippen LogP contribution in [0.2, 0.25) is 0 Å². The van der Waals surface area contributed by atoms with E-state index in [9.17, 15) is 13.2 Å². The fourth-order valence-corrected chi connectivity index (χ4v) is 2.90. The van der Waals surface area contributed by atoms with E-state index in [0.29, 0.717) is 5.56 Å². The van der Waals surface area contributed by atoms with E-state index in [0.717, 1.165) is 0 Å². The molecule has 0 fully saturated rings. The molecule has 0 aliphatic heterocycles. The number of carbonyl (C=O) groups is 1. The standard InChI is InChI=1S/C11H14O4S/c1-9-5-3-4-6-11(9)16(13,14)8-10(12)7-15-2/h3-6H,7-8H2,1-2H3. The van der Waals surface area contributed by atoms with E-state index in [1.165, 1.54) is 13.2 Å². The number of benzene rings is 1. The lowest BCUT2D eigenvalue weighted by molar-refractivity contribution is -0.120.